The minimum Gasteiger partial charge on any atom is -0.336 e. The van der Waals surface area contributed by atoms with Crippen LogP contribution in [0.4, 0.5) is 9.18 Å². The Labute approximate surface area is 151 Å². The van der Waals surface area contributed by atoms with E-state index in [1.54, 1.807) is 6.92 Å². The van der Waals surface area contributed by atoms with Crippen LogP contribution in [0.5, 0.6) is 0 Å². The Morgan fingerprint density at radius 3 is 2.38 bits per heavy atom. The van der Waals surface area contributed by atoms with Crippen LogP contribution < -0.4 is 5.32 Å². The Bertz CT molecular complexity index is 808. The molecule has 26 heavy (non-hydrogen) atoms. The third kappa shape index (κ3) is 3.44. The summed E-state index contributed by atoms with van der Waals surface area (Å²) >= 11 is 0. The maximum Gasteiger partial charge on any atom is 0.324 e. The minimum absolute atomic E-state index is 0.153. The van der Waals surface area contributed by atoms with Crippen LogP contribution in [-0.4, -0.2) is 79.8 Å². The number of halogens is 1. The van der Waals surface area contributed by atoms with E-state index in [2.05, 4.69) is 5.32 Å². The average Bonchev–Trinajstić information content (AvgIpc) is 3.06. The highest BCUT2D eigenvalue weighted by molar-refractivity contribution is 7.89. The number of nitrogens with zero attached hydrogens (tertiary/aromatic N) is 3. The molecule has 0 radical (unpaired) electrons. The zero-order chi connectivity index (χ0) is 18.9. The first-order valence-electron chi connectivity index (χ1n) is 8.40. The van der Waals surface area contributed by atoms with Gasteiger partial charge in [0.15, 0.2) is 0 Å². The van der Waals surface area contributed by atoms with Crippen LogP contribution in [-0.2, 0) is 14.8 Å². The Morgan fingerprint density at radius 2 is 1.81 bits per heavy atom. The average molecular weight is 384 g/mol. The number of piperazine rings is 1. The number of sulfonamides is 1. The lowest BCUT2D eigenvalue weighted by Crippen LogP contribution is -2.55. The van der Waals surface area contributed by atoms with Crippen LogP contribution in [0.15, 0.2) is 29.2 Å². The summed E-state index contributed by atoms with van der Waals surface area (Å²) in [6.07, 6.45) is 0. The van der Waals surface area contributed by atoms with E-state index in [9.17, 15) is 22.4 Å². The van der Waals surface area contributed by atoms with Crippen molar-refractivity contribution in [1.29, 1.82) is 0 Å². The predicted octanol–water partition coefficient (Wildman–Crippen LogP) is 0.0723. The molecule has 0 spiro atoms. The third-order valence-electron chi connectivity index (χ3n) is 4.76. The van der Waals surface area contributed by atoms with Gasteiger partial charge in [0.2, 0.25) is 15.9 Å². The van der Waals surface area contributed by atoms with E-state index in [1.165, 1.54) is 27.4 Å². The molecular weight excluding hydrogens is 363 g/mol. The highest BCUT2D eigenvalue weighted by atomic mass is 32.2. The molecule has 2 fully saturated rings. The van der Waals surface area contributed by atoms with Gasteiger partial charge < -0.3 is 5.32 Å². The van der Waals surface area contributed by atoms with Crippen molar-refractivity contribution in [2.24, 2.45) is 0 Å². The highest BCUT2D eigenvalue weighted by Crippen LogP contribution is 2.21. The summed E-state index contributed by atoms with van der Waals surface area (Å²) in [5.74, 6) is -1.08. The normalized spacial score (nSPS) is 20.8. The number of imide groups is 1. The molecule has 2 heterocycles. The van der Waals surface area contributed by atoms with E-state index in [4.69, 9.17) is 0 Å². The van der Waals surface area contributed by atoms with Crippen LogP contribution in [0.2, 0.25) is 0 Å². The van der Waals surface area contributed by atoms with Gasteiger partial charge in [0.25, 0.3) is 0 Å². The van der Waals surface area contributed by atoms with E-state index < -0.39 is 27.9 Å². The molecule has 10 heteroatoms. The summed E-state index contributed by atoms with van der Waals surface area (Å²) in [6.45, 7) is 3.44. The Morgan fingerprint density at radius 1 is 1.15 bits per heavy atom. The molecule has 1 unspecified atom stereocenters. The number of rotatable bonds is 4. The summed E-state index contributed by atoms with van der Waals surface area (Å²) in [5, 5.41) is 2.58. The van der Waals surface area contributed by atoms with Crippen molar-refractivity contribution in [3.63, 3.8) is 0 Å². The van der Waals surface area contributed by atoms with E-state index >= 15 is 0 Å². The zero-order valence-electron chi connectivity index (χ0n) is 14.4. The first kappa shape index (κ1) is 18.7. The van der Waals surface area contributed by atoms with Crippen LogP contribution in [0.3, 0.4) is 0 Å². The molecular formula is C16H21FN4O4S. The SMILES string of the molecule is CC(C(=O)N1CCNC1=O)N1CCN(S(=O)(=O)c2ccccc2F)CC1. The van der Waals surface area contributed by atoms with Crippen molar-refractivity contribution in [2.75, 3.05) is 39.3 Å². The second-order valence-corrected chi connectivity index (χ2v) is 8.17. The first-order chi connectivity index (χ1) is 12.3. The number of amides is 3. The monoisotopic (exact) mass is 384 g/mol. The number of nitrogens with one attached hydrogen (secondary N) is 1. The lowest BCUT2D eigenvalue weighted by atomic mass is 10.2. The molecule has 3 amide bonds. The zero-order valence-corrected chi connectivity index (χ0v) is 15.2. The molecule has 8 nitrogen and oxygen atoms in total. The van der Waals surface area contributed by atoms with Crippen molar-refractivity contribution < 1.29 is 22.4 Å². The molecule has 2 aliphatic rings. The molecule has 0 aliphatic carbocycles. The minimum atomic E-state index is -3.91. The lowest BCUT2D eigenvalue weighted by molar-refractivity contribution is -0.133. The fourth-order valence-electron chi connectivity index (χ4n) is 3.19. The van der Waals surface area contributed by atoms with Gasteiger partial charge in [-0.3, -0.25) is 14.6 Å². The first-order valence-corrected chi connectivity index (χ1v) is 9.84. The largest absolute Gasteiger partial charge is 0.336 e. The number of urea groups is 1. The summed E-state index contributed by atoms with van der Waals surface area (Å²) in [6, 6.07) is 4.35. The van der Waals surface area contributed by atoms with Gasteiger partial charge in [-0.25, -0.2) is 17.6 Å². The topological polar surface area (TPSA) is 90.0 Å². The van der Waals surface area contributed by atoms with Crippen LogP contribution in [0.25, 0.3) is 0 Å². The van der Waals surface area contributed by atoms with Crippen LogP contribution in [0, 0.1) is 5.82 Å². The summed E-state index contributed by atoms with van der Waals surface area (Å²) in [4.78, 5) is 26.7. The molecule has 2 saturated heterocycles. The van der Waals surface area contributed by atoms with Crippen molar-refractivity contribution in [3.05, 3.63) is 30.1 Å². The molecule has 2 aliphatic heterocycles. The number of carbonyl (C=O) groups is 2. The van der Waals surface area contributed by atoms with Gasteiger partial charge in [-0.05, 0) is 19.1 Å². The van der Waals surface area contributed by atoms with Gasteiger partial charge in [0.1, 0.15) is 10.7 Å². The van der Waals surface area contributed by atoms with E-state index in [0.717, 1.165) is 6.07 Å². The maximum absolute atomic E-state index is 13.9. The van der Waals surface area contributed by atoms with Gasteiger partial charge in [0.05, 0.1) is 6.04 Å². The van der Waals surface area contributed by atoms with Gasteiger partial charge in [0, 0.05) is 39.3 Å². The standard InChI is InChI=1S/C16H21FN4O4S/c1-12(15(22)21-7-6-18-16(21)23)19-8-10-20(11-9-19)26(24,25)14-5-3-2-4-13(14)17/h2-5,12H,6-11H2,1H3,(H,18,23). The number of carbonyl (C=O) groups excluding carboxylic acids is 2. The van der Waals surface area contributed by atoms with Gasteiger partial charge >= 0.3 is 6.03 Å². The molecule has 0 aromatic heterocycles. The Kier molecular flexibility index (Phi) is 5.26. The van der Waals surface area contributed by atoms with Gasteiger partial charge in [-0.2, -0.15) is 4.31 Å². The highest BCUT2D eigenvalue weighted by Gasteiger charge is 2.36. The molecule has 3 rings (SSSR count). The predicted molar refractivity (Wildman–Crippen MR) is 91.3 cm³/mol. The summed E-state index contributed by atoms with van der Waals surface area (Å²) < 4.78 is 40.3. The van der Waals surface area contributed by atoms with E-state index in [-0.39, 0.29) is 23.9 Å². The van der Waals surface area contributed by atoms with E-state index in [1.807, 2.05) is 4.90 Å². The molecule has 1 aromatic rings. The lowest BCUT2D eigenvalue weighted by Gasteiger charge is -2.37. The quantitative estimate of drug-likeness (QED) is 0.794. The molecule has 1 atom stereocenters. The molecule has 0 bridgehead atoms. The third-order valence-corrected chi connectivity index (χ3v) is 6.69. The molecule has 0 saturated carbocycles. The Balaban J connectivity index is 1.65. The number of hydrogen-bond acceptors (Lipinski definition) is 5. The molecule has 1 N–H and O–H groups in total. The fourth-order valence-corrected chi connectivity index (χ4v) is 4.68. The maximum atomic E-state index is 13.9. The van der Waals surface area contributed by atoms with E-state index in [0.29, 0.717) is 26.2 Å². The smallest absolute Gasteiger partial charge is 0.324 e. The van der Waals surface area contributed by atoms with Crippen molar-refractivity contribution in [2.45, 2.75) is 17.9 Å². The van der Waals surface area contributed by atoms with Crippen LogP contribution in [0.1, 0.15) is 6.92 Å². The molecule has 142 valence electrons. The van der Waals surface area contributed by atoms with Crippen molar-refractivity contribution in [3.8, 4) is 0 Å². The number of benzene rings is 1. The van der Waals surface area contributed by atoms with Crippen molar-refractivity contribution in [1.82, 2.24) is 19.4 Å². The van der Waals surface area contributed by atoms with Crippen molar-refractivity contribution >= 4 is 22.0 Å². The van der Waals surface area contributed by atoms with Crippen LogP contribution >= 0.6 is 0 Å². The molecule has 1 aromatic carbocycles. The number of hydrogen-bond donors (Lipinski definition) is 1. The fraction of sp³-hybridized carbons (Fsp3) is 0.500. The van der Waals surface area contributed by atoms with Gasteiger partial charge in [-0.15, -0.1) is 0 Å². The second kappa shape index (κ2) is 7.29. The summed E-state index contributed by atoms with van der Waals surface area (Å²) in [7, 11) is -3.91. The second-order valence-electron chi connectivity index (χ2n) is 6.27. The summed E-state index contributed by atoms with van der Waals surface area (Å²) in [5.41, 5.74) is 0. The Hall–Kier alpha value is -2.04. The van der Waals surface area contributed by atoms with Gasteiger partial charge in [-0.1, -0.05) is 12.1 Å².